The zero-order valence-corrected chi connectivity index (χ0v) is 11.7. The van der Waals surface area contributed by atoms with Crippen molar-refractivity contribution in [2.75, 3.05) is 0 Å². The van der Waals surface area contributed by atoms with E-state index in [1.807, 2.05) is 0 Å². The third-order valence-corrected chi connectivity index (χ3v) is 3.97. The molecule has 1 aromatic rings. The number of hydrogen-bond acceptors (Lipinski definition) is 4. The molecule has 0 saturated carbocycles. The summed E-state index contributed by atoms with van der Waals surface area (Å²) in [4.78, 5) is 0.494. The van der Waals surface area contributed by atoms with Gasteiger partial charge in [0.2, 0.25) is 0 Å². The quantitative estimate of drug-likeness (QED) is 0.263. The molecule has 4 N–H and O–H groups in total. The minimum absolute atomic E-state index is 0.202. The number of rotatable bonds is 4. The van der Waals surface area contributed by atoms with Gasteiger partial charge in [-0.2, -0.15) is 13.2 Å². The Labute approximate surface area is 118 Å². The van der Waals surface area contributed by atoms with Crippen molar-refractivity contribution in [2.45, 2.75) is 36.3 Å². The van der Waals surface area contributed by atoms with Crippen LogP contribution in [0.4, 0.5) is 13.2 Å². The van der Waals surface area contributed by atoms with E-state index in [2.05, 4.69) is 5.16 Å². The number of amidine groups is 1. The zero-order valence-electron chi connectivity index (χ0n) is 10.8. The van der Waals surface area contributed by atoms with Gasteiger partial charge in [0.05, 0.1) is 11.7 Å². The minimum atomic E-state index is -4.59. The summed E-state index contributed by atoms with van der Waals surface area (Å²) in [6.07, 6.45) is -5.21. The lowest BCUT2D eigenvalue weighted by atomic mass is 10.1. The normalized spacial score (nSPS) is 16.0. The number of nitrogens with zero attached hydrogens (tertiary/aromatic N) is 1. The first-order valence-electron chi connectivity index (χ1n) is 5.70. The summed E-state index contributed by atoms with van der Waals surface area (Å²) < 4.78 is 38.5. The highest BCUT2D eigenvalue weighted by atomic mass is 32.2. The lowest BCUT2D eigenvalue weighted by Gasteiger charge is -2.17. The topological polar surface area (TPSA) is 78.8 Å². The largest absolute Gasteiger partial charge is 0.417 e. The van der Waals surface area contributed by atoms with Gasteiger partial charge in [-0.25, -0.2) is 0 Å². The predicted molar refractivity (Wildman–Crippen MR) is 71.0 cm³/mol. The van der Waals surface area contributed by atoms with Gasteiger partial charge in [0.25, 0.3) is 0 Å². The highest BCUT2D eigenvalue weighted by Crippen LogP contribution is 2.35. The monoisotopic (exact) mass is 308 g/mol. The molecule has 0 spiro atoms. The first-order valence-corrected chi connectivity index (χ1v) is 6.58. The van der Waals surface area contributed by atoms with Gasteiger partial charge < -0.3 is 16.0 Å². The van der Waals surface area contributed by atoms with Crippen LogP contribution in [0.5, 0.6) is 0 Å². The minimum Gasteiger partial charge on any atom is -0.409 e. The smallest absolute Gasteiger partial charge is 0.409 e. The number of aliphatic hydroxyl groups is 1. The molecule has 4 nitrogen and oxygen atoms in total. The van der Waals surface area contributed by atoms with Crippen LogP contribution in [0.1, 0.15) is 25.0 Å². The average Bonchev–Trinajstić information content (AvgIpc) is 2.36. The highest BCUT2D eigenvalue weighted by Gasteiger charge is 2.34. The molecular formula is C12H15F3N2O2S. The fourth-order valence-electron chi connectivity index (χ4n) is 1.42. The Morgan fingerprint density at radius 1 is 1.35 bits per heavy atom. The van der Waals surface area contributed by atoms with E-state index in [0.717, 1.165) is 6.07 Å². The molecule has 2 atom stereocenters. The number of benzene rings is 1. The Bertz CT molecular complexity index is 504. The lowest BCUT2D eigenvalue weighted by Crippen LogP contribution is -2.20. The Hall–Kier alpha value is -1.41. The molecule has 1 aromatic carbocycles. The van der Waals surface area contributed by atoms with Crippen molar-refractivity contribution in [1.82, 2.24) is 0 Å². The second-order valence-corrected chi connectivity index (χ2v) is 5.70. The lowest BCUT2D eigenvalue weighted by molar-refractivity contribution is -0.137. The highest BCUT2D eigenvalue weighted by molar-refractivity contribution is 8.00. The first kappa shape index (κ1) is 16.6. The van der Waals surface area contributed by atoms with Crippen LogP contribution in [-0.2, 0) is 6.18 Å². The number of oxime groups is 1. The summed E-state index contributed by atoms with van der Waals surface area (Å²) in [5, 5.41) is 20.4. The van der Waals surface area contributed by atoms with E-state index < -0.39 is 23.7 Å². The van der Waals surface area contributed by atoms with Crippen LogP contribution in [0, 0.1) is 0 Å². The fraction of sp³-hybridized carbons (Fsp3) is 0.417. The summed E-state index contributed by atoms with van der Waals surface area (Å²) in [7, 11) is 0. The molecule has 0 fully saturated rings. The summed E-state index contributed by atoms with van der Waals surface area (Å²) >= 11 is 1.20. The summed E-state index contributed by atoms with van der Waals surface area (Å²) in [6.45, 7) is 3.34. The molecule has 8 heteroatoms. The van der Waals surface area contributed by atoms with E-state index in [9.17, 15) is 18.3 Å². The van der Waals surface area contributed by atoms with Crippen LogP contribution in [0.15, 0.2) is 28.3 Å². The predicted octanol–water partition coefficient (Wildman–Crippen LogP) is 2.66. The van der Waals surface area contributed by atoms with Gasteiger partial charge in [-0.05, 0) is 25.1 Å². The zero-order chi connectivity index (χ0) is 15.5. The molecule has 1 rings (SSSR count). The van der Waals surface area contributed by atoms with Gasteiger partial charge in [0.1, 0.15) is 0 Å². The van der Waals surface area contributed by atoms with Gasteiger partial charge >= 0.3 is 6.18 Å². The molecule has 0 heterocycles. The molecule has 0 saturated heterocycles. The van der Waals surface area contributed by atoms with E-state index in [1.54, 1.807) is 13.8 Å². The van der Waals surface area contributed by atoms with Crippen molar-refractivity contribution in [1.29, 1.82) is 0 Å². The Kier molecular flexibility index (Phi) is 5.29. The molecule has 20 heavy (non-hydrogen) atoms. The third-order valence-electron chi connectivity index (χ3n) is 2.68. The van der Waals surface area contributed by atoms with Crippen LogP contribution in [0.25, 0.3) is 0 Å². The molecule has 0 radical (unpaired) electrons. The third kappa shape index (κ3) is 4.04. The molecule has 0 aliphatic heterocycles. The molecule has 0 aromatic heterocycles. The number of halogens is 3. The van der Waals surface area contributed by atoms with Crippen molar-refractivity contribution in [2.24, 2.45) is 10.9 Å². The number of hydrogen-bond donors (Lipinski definition) is 3. The van der Waals surface area contributed by atoms with E-state index in [1.165, 1.54) is 23.9 Å². The SMILES string of the molecule is CC(O)C(C)Sc1ccc(C(F)(F)F)c(/C(N)=N/O)c1. The van der Waals surface area contributed by atoms with Crippen LogP contribution in [0.2, 0.25) is 0 Å². The second-order valence-electron chi connectivity index (χ2n) is 4.25. The maximum absolute atomic E-state index is 12.8. The van der Waals surface area contributed by atoms with E-state index in [0.29, 0.717) is 4.90 Å². The first-order chi connectivity index (χ1) is 9.16. The number of nitrogens with two attached hydrogens (primary N) is 1. The van der Waals surface area contributed by atoms with Crippen molar-refractivity contribution < 1.29 is 23.5 Å². The summed E-state index contributed by atoms with van der Waals surface area (Å²) in [5.74, 6) is -0.607. The second kappa shape index (κ2) is 6.36. The van der Waals surface area contributed by atoms with Crippen molar-refractivity contribution in [3.8, 4) is 0 Å². The van der Waals surface area contributed by atoms with Gasteiger partial charge in [0.15, 0.2) is 5.84 Å². The molecule has 2 unspecified atom stereocenters. The Balaban J connectivity index is 3.22. The number of alkyl halides is 3. The molecule has 0 bridgehead atoms. The van der Waals surface area contributed by atoms with Crippen LogP contribution < -0.4 is 5.73 Å². The molecular weight excluding hydrogens is 293 g/mol. The Morgan fingerprint density at radius 2 is 1.95 bits per heavy atom. The number of thioether (sulfide) groups is 1. The fourth-order valence-corrected chi connectivity index (χ4v) is 2.38. The van der Waals surface area contributed by atoms with Gasteiger partial charge in [-0.1, -0.05) is 12.1 Å². The van der Waals surface area contributed by atoms with Crippen LogP contribution >= 0.6 is 11.8 Å². The van der Waals surface area contributed by atoms with E-state index >= 15 is 0 Å². The van der Waals surface area contributed by atoms with Gasteiger partial charge in [-0.3, -0.25) is 0 Å². The van der Waals surface area contributed by atoms with Crippen molar-refractivity contribution >= 4 is 17.6 Å². The van der Waals surface area contributed by atoms with E-state index in [-0.39, 0.29) is 10.8 Å². The number of aliphatic hydroxyl groups excluding tert-OH is 1. The van der Waals surface area contributed by atoms with Crippen LogP contribution in [-0.4, -0.2) is 27.5 Å². The van der Waals surface area contributed by atoms with Gasteiger partial charge in [0, 0.05) is 15.7 Å². The average molecular weight is 308 g/mol. The Morgan fingerprint density at radius 3 is 2.40 bits per heavy atom. The maximum Gasteiger partial charge on any atom is 0.417 e. The summed E-state index contributed by atoms with van der Waals surface area (Å²) in [5.41, 5.74) is 3.94. The standard InChI is InChI=1S/C12H15F3N2O2S/c1-6(18)7(2)20-8-3-4-10(12(13,14)15)9(5-8)11(16)17-19/h3-7,18-19H,1-2H3,(H2,16,17). The summed E-state index contributed by atoms with van der Waals surface area (Å²) in [6, 6.07) is 3.37. The van der Waals surface area contributed by atoms with Crippen molar-refractivity contribution in [3.63, 3.8) is 0 Å². The molecule has 0 aliphatic carbocycles. The van der Waals surface area contributed by atoms with Crippen LogP contribution in [0.3, 0.4) is 0 Å². The van der Waals surface area contributed by atoms with Crippen molar-refractivity contribution in [3.05, 3.63) is 29.3 Å². The molecule has 0 amide bonds. The maximum atomic E-state index is 12.8. The van der Waals surface area contributed by atoms with Gasteiger partial charge in [-0.15, -0.1) is 11.8 Å². The van der Waals surface area contributed by atoms with E-state index in [4.69, 9.17) is 10.9 Å². The molecule has 0 aliphatic rings. The molecule has 112 valence electrons.